The Kier molecular flexibility index (Phi) is 4.32. The van der Waals surface area contributed by atoms with Crippen LogP contribution in [-0.2, 0) is 0 Å². The number of aryl methyl sites for hydroxylation is 1. The largest absolute Gasteiger partial charge is 0.359 e. The fourth-order valence-electron chi connectivity index (χ4n) is 1.89. The van der Waals surface area contributed by atoms with E-state index in [1.807, 2.05) is 0 Å². The zero-order valence-corrected chi connectivity index (χ0v) is 10.3. The van der Waals surface area contributed by atoms with E-state index in [9.17, 15) is 0 Å². The van der Waals surface area contributed by atoms with Crippen LogP contribution in [0.15, 0.2) is 30.5 Å². The number of benzene rings is 1. The molecule has 0 fully saturated rings. The van der Waals surface area contributed by atoms with Crippen LogP contribution in [0.3, 0.4) is 0 Å². The van der Waals surface area contributed by atoms with Gasteiger partial charge in [0.1, 0.15) is 0 Å². The van der Waals surface area contributed by atoms with E-state index < -0.39 is 0 Å². The average molecular weight is 216 g/mol. The van der Waals surface area contributed by atoms with Gasteiger partial charge in [-0.05, 0) is 37.6 Å². The summed E-state index contributed by atoms with van der Waals surface area (Å²) >= 11 is 0. The summed E-state index contributed by atoms with van der Waals surface area (Å²) in [7, 11) is 1.50. The Hall–Kier alpha value is -1.54. The third kappa shape index (κ3) is 2.34. The summed E-state index contributed by atoms with van der Waals surface area (Å²) in [6.07, 6.45) is 3.23. The molecule has 2 nitrogen and oxygen atoms in total. The van der Waals surface area contributed by atoms with Crippen LogP contribution in [0.5, 0.6) is 0 Å². The third-order valence-corrected chi connectivity index (χ3v) is 2.63. The standard InChI is InChI=1S/C13H15N.CH5N/c1-4-12-8-11-7-5-6-9(2)13(11)10(3)14-12;1-2/h5-8,14H,3-4H2,1-2H3;2H2,1H3. The molecule has 1 aromatic rings. The number of fused-ring (bicyclic) bond motifs is 1. The molecule has 0 unspecified atom stereocenters. The highest BCUT2D eigenvalue weighted by Crippen LogP contribution is 2.27. The van der Waals surface area contributed by atoms with Crippen molar-refractivity contribution in [2.24, 2.45) is 5.73 Å². The van der Waals surface area contributed by atoms with Gasteiger partial charge < -0.3 is 11.1 Å². The second-order valence-corrected chi connectivity index (χ2v) is 3.67. The van der Waals surface area contributed by atoms with E-state index in [0.29, 0.717) is 0 Å². The monoisotopic (exact) mass is 216 g/mol. The molecule has 0 saturated heterocycles. The zero-order chi connectivity index (χ0) is 12.1. The second-order valence-electron chi connectivity index (χ2n) is 3.67. The minimum atomic E-state index is 1.02. The SMILES string of the molecule is C=C1NC(CC)=Cc2cccc(C)c21.CN. The van der Waals surface area contributed by atoms with Gasteiger partial charge in [0.25, 0.3) is 0 Å². The molecular formula is C14H20N2. The van der Waals surface area contributed by atoms with Crippen molar-refractivity contribution in [1.82, 2.24) is 5.32 Å². The highest BCUT2D eigenvalue weighted by atomic mass is 14.9. The first-order valence-electron chi connectivity index (χ1n) is 5.56. The van der Waals surface area contributed by atoms with Gasteiger partial charge >= 0.3 is 0 Å². The van der Waals surface area contributed by atoms with Crippen molar-refractivity contribution in [1.29, 1.82) is 0 Å². The Labute approximate surface area is 97.9 Å². The molecule has 1 aliphatic heterocycles. The van der Waals surface area contributed by atoms with Crippen LogP contribution < -0.4 is 11.1 Å². The minimum absolute atomic E-state index is 1.02. The van der Waals surface area contributed by atoms with Crippen molar-refractivity contribution in [2.45, 2.75) is 20.3 Å². The van der Waals surface area contributed by atoms with Crippen LogP contribution in [-0.4, -0.2) is 7.05 Å². The van der Waals surface area contributed by atoms with Gasteiger partial charge in [0, 0.05) is 17.0 Å². The topological polar surface area (TPSA) is 38.0 Å². The highest BCUT2D eigenvalue weighted by Gasteiger charge is 2.13. The molecule has 0 amide bonds. The van der Waals surface area contributed by atoms with Crippen LogP contribution in [0.1, 0.15) is 30.0 Å². The molecule has 16 heavy (non-hydrogen) atoms. The van der Waals surface area contributed by atoms with Gasteiger partial charge in [-0.2, -0.15) is 0 Å². The summed E-state index contributed by atoms with van der Waals surface area (Å²) in [6.45, 7) is 8.33. The molecule has 0 aliphatic carbocycles. The van der Waals surface area contributed by atoms with Crippen molar-refractivity contribution < 1.29 is 0 Å². The number of hydrogen-bond acceptors (Lipinski definition) is 2. The molecule has 1 aliphatic rings. The van der Waals surface area contributed by atoms with E-state index in [1.54, 1.807) is 0 Å². The molecule has 2 heteroatoms. The lowest BCUT2D eigenvalue weighted by molar-refractivity contribution is 0.960. The van der Waals surface area contributed by atoms with Crippen LogP contribution in [0.25, 0.3) is 11.8 Å². The van der Waals surface area contributed by atoms with Crippen molar-refractivity contribution in [3.05, 3.63) is 47.2 Å². The fraction of sp³-hybridized carbons (Fsp3) is 0.286. The Bertz CT molecular complexity index is 417. The first kappa shape index (κ1) is 12.5. The first-order valence-corrected chi connectivity index (χ1v) is 5.56. The van der Waals surface area contributed by atoms with Crippen molar-refractivity contribution >= 4 is 11.8 Å². The van der Waals surface area contributed by atoms with Crippen molar-refractivity contribution in [2.75, 3.05) is 7.05 Å². The summed E-state index contributed by atoms with van der Waals surface area (Å²) in [5.74, 6) is 0. The Morgan fingerprint density at radius 1 is 1.31 bits per heavy atom. The zero-order valence-electron chi connectivity index (χ0n) is 10.3. The normalized spacial score (nSPS) is 13.0. The fourth-order valence-corrected chi connectivity index (χ4v) is 1.89. The lowest BCUT2D eigenvalue weighted by Crippen LogP contribution is -2.16. The van der Waals surface area contributed by atoms with E-state index in [2.05, 4.69) is 55.8 Å². The van der Waals surface area contributed by atoms with Gasteiger partial charge in [-0.3, -0.25) is 0 Å². The molecule has 0 spiro atoms. The molecule has 0 saturated carbocycles. The Morgan fingerprint density at radius 3 is 2.62 bits per heavy atom. The van der Waals surface area contributed by atoms with Gasteiger partial charge in [0.05, 0.1) is 0 Å². The predicted octanol–water partition coefficient (Wildman–Crippen LogP) is 2.89. The Balaban J connectivity index is 0.000000606. The molecular weight excluding hydrogens is 196 g/mol. The van der Waals surface area contributed by atoms with E-state index >= 15 is 0 Å². The van der Waals surface area contributed by atoms with Gasteiger partial charge in [0.15, 0.2) is 0 Å². The third-order valence-electron chi connectivity index (χ3n) is 2.63. The van der Waals surface area contributed by atoms with Crippen molar-refractivity contribution in [3.8, 4) is 0 Å². The second kappa shape index (κ2) is 5.52. The molecule has 0 radical (unpaired) electrons. The van der Waals surface area contributed by atoms with Crippen LogP contribution in [0.2, 0.25) is 0 Å². The van der Waals surface area contributed by atoms with Crippen LogP contribution >= 0.6 is 0 Å². The molecule has 3 N–H and O–H groups in total. The summed E-state index contributed by atoms with van der Waals surface area (Å²) in [5.41, 5.74) is 10.6. The van der Waals surface area contributed by atoms with Gasteiger partial charge in [-0.1, -0.05) is 31.7 Å². The average Bonchev–Trinajstić information content (AvgIpc) is 2.31. The number of nitrogens with two attached hydrogens (primary N) is 1. The van der Waals surface area contributed by atoms with Gasteiger partial charge in [0.2, 0.25) is 0 Å². The van der Waals surface area contributed by atoms with Gasteiger partial charge in [-0.15, -0.1) is 0 Å². The molecule has 0 aromatic heterocycles. The Morgan fingerprint density at radius 2 is 2.00 bits per heavy atom. The van der Waals surface area contributed by atoms with Gasteiger partial charge in [-0.25, -0.2) is 0 Å². The molecule has 2 rings (SSSR count). The smallest absolute Gasteiger partial charge is 0.0391 e. The lowest BCUT2D eigenvalue weighted by Gasteiger charge is -2.21. The summed E-state index contributed by atoms with van der Waals surface area (Å²) in [4.78, 5) is 0. The molecule has 0 atom stereocenters. The molecule has 0 bridgehead atoms. The summed E-state index contributed by atoms with van der Waals surface area (Å²) in [5, 5.41) is 3.33. The van der Waals surface area contributed by atoms with Crippen LogP contribution in [0.4, 0.5) is 0 Å². The summed E-state index contributed by atoms with van der Waals surface area (Å²) in [6, 6.07) is 6.36. The van der Waals surface area contributed by atoms with Crippen LogP contribution in [0, 0.1) is 6.92 Å². The van der Waals surface area contributed by atoms with E-state index in [-0.39, 0.29) is 0 Å². The first-order chi connectivity index (χ1) is 7.72. The summed E-state index contributed by atoms with van der Waals surface area (Å²) < 4.78 is 0. The quantitative estimate of drug-likeness (QED) is 0.757. The maximum absolute atomic E-state index is 4.50. The lowest BCUT2D eigenvalue weighted by atomic mass is 9.95. The van der Waals surface area contributed by atoms with E-state index in [4.69, 9.17) is 0 Å². The predicted molar refractivity (Wildman–Crippen MR) is 71.7 cm³/mol. The maximum atomic E-state index is 4.50. The number of hydrogen-bond donors (Lipinski definition) is 2. The molecule has 1 heterocycles. The van der Waals surface area contributed by atoms with E-state index in [0.717, 1.165) is 12.1 Å². The maximum Gasteiger partial charge on any atom is 0.0391 e. The number of allylic oxidation sites excluding steroid dienone is 1. The van der Waals surface area contributed by atoms with Crippen molar-refractivity contribution in [3.63, 3.8) is 0 Å². The molecule has 1 aromatic carbocycles. The number of nitrogens with one attached hydrogen (secondary N) is 1. The minimum Gasteiger partial charge on any atom is -0.359 e. The van der Waals surface area contributed by atoms with E-state index in [1.165, 1.54) is 29.4 Å². The molecule has 86 valence electrons. The highest BCUT2D eigenvalue weighted by molar-refractivity contribution is 5.79. The number of rotatable bonds is 1.